The zero-order chi connectivity index (χ0) is 18.3. The van der Waals surface area contributed by atoms with Gasteiger partial charge in [-0.25, -0.2) is 0 Å². The van der Waals surface area contributed by atoms with E-state index in [2.05, 4.69) is 5.10 Å². The van der Waals surface area contributed by atoms with E-state index < -0.39 is 0 Å². The summed E-state index contributed by atoms with van der Waals surface area (Å²) >= 11 is 5.99. The first-order chi connectivity index (χ1) is 11.8. The monoisotopic (exact) mass is 355 g/mol. The molecule has 3 aromatic rings. The van der Waals surface area contributed by atoms with Gasteiger partial charge < -0.3 is 15.5 Å². The number of hydrazone groups is 1. The van der Waals surface area contributed by atoms with Crippen molar-refractivity contribution in [2.75, 3.05) is 0 Å². The van der Waals surface area contributed by atoms with Crippen molar-refractivity contribution >= 4 is 34.0 Å². The third kappa shape index (κ3) is 2.76. The summed E-state index contributed by atoms with van der Waals surface area (Å²) in [6.07, 6.45) is 0. The molecule has 128 valence electrons. The number of fused-ring (bicyclic) bond motifs is 1. The Balaban J connectivity index is 2.44. The molecular weight excluding hydrogens is 338 g/mol. The standard InChI is InChI=1S/C19H18ClN3O2/c1-10(22-21)15-8-17-16(9-18(15)25)19(12(3)24)11(2)23(17)14-6-4-13(20)5-7-14/h4-9,25H,21H2,1-3H3/b22-10+. The van der Waals surface area contributed by atoms with Crippen molar-refractivity contribution in [3.63, 3.8) is 0 Å². The van der Waals surface area contributed by atoms with Crippen molar-refractivity contribution in [3.05, 3.63) is 58.2 Å². The van der Waals surface area contributed by atoms with Crippen LogP contribution in [0.3, 0.4) is 0 Å². The zero-order valence-corrected chi connectivity index (χ0v) is 14.9. The number of hydrogen-bond acceptors (Lipinski definition) is 4. The number of aromatic nitrogens is 1. The molecule has 0 bridgehead atoms. The number of phenols is 1. The molecule has 0 fully saturated rings. The van der Waals surface area contributed by atoms with E-state index in [1.54, 1.807) is 31.2 Å². The molecule has 0 amide bonds. The van der Waals surface area contributed by atoms with Gasteiger partial charge in [0.05, 0.1) is 11.2 Å². The molecule has 0 atom stereocenters. The van der Waals surface area contributed by atoms with Crippen LogP contribution in [0.25, 0.3) is 16.6 Å². The van der Waals surface area contributed by atoms with Crippen LogP contribution in [0, 0.1) is 6.92 Å². The molecule has 0 aliphatic rings. The van der Waals surface area contributed by atoms with Crippen molar-refractivity contribution in [3.8, 4) is 11.4 Å². The number of nitrogens with zero attached hydrogens (tertiary/aromatic N) is 2. The molecule has 1 heterocycles. The van der Waals surface area contributed by atoms with E-state index >= 15 is 0 Å². The first-order valence-corrected chi connectivity index (χ1v) is 8.12. The number of rotatable bonds is 3. The van der Waals surface area contributed by atoms with Crippen LogP contribution in [-0.4, -0.2) is 21.2 Å². The molecule has 0 spiro atoms. The molecule has 1 aromatic heterocycles. The summed E-state index contributed by atoms with van der Waals surface area (Å²) in [5.74, 6) is 5.34. The molecule has 3 rings (SSSR count). The van der Waals surface area contributed by atoms with Gasteiger partial charge in [0.2, 0.25) is 0 Å². The van der Waals surface area contributed by atoms with Crippen molar-refractivity contribution in [1.82, 2.24) is 4.57 Å². The van der Waals surface area contributed by atoms with Crippen LogP contribution >= 0.6 is 11.6 Å². The number of phenolic OH excluding ortho intramolecular Hbond substituents is 1. The lowest BCUT2D eigenvalue weighted by atomic mass is 10.0. The summed E-state index contributed by atoms with van der Waals surface area (Å²) in [4.78, 5) is 12.2. The minimum atomic E-state index is -0.0634. The highest BCUT2D eigenvalue weighted by molar-refractivity contribution is 6.30. The summed E-state index contributed by atoms with van der Waals surface area (Å²) < 4.78 is 1.97. The summed E-state index contributed by atoms with van der Waals surface area (Å²) in [6, 6.07) is 10.7. The second-order valence-electron chi connectivity index (χ2n) is 5.93. The molecule has 0 unspecified atom stereocenters. The van der Waals surface area contributed by atoms with Gasteiger partial charge in [0.1, 0.15) is 5.75 Å². The molecule has 0 saturated carbocycles. The fourth-order valence-corrected chi connectivity index (χ4v) is 3.30. The third-order valence-corrected chi connectivity index (χ3v) is 4.59. The number of ketones is 1. The molecule has 0 aliphatic heterocycles. The molecule has 0 saturated heterocycles. The first-order valence-electron chi connectivity index (χ1n) is 7.75. The van der Waals surface area contributed by atoms with Crippen molar-refractivity contribution in [2.45, 2.75) is 20.8 Å². The van der Waals surface area contributed by atoms with Crippen LogP contribution in [0.1, 0.15) is 35.5 Å². The lowest BCUT2D eigenvalue weighted by Gasteiger charge is -2.10. The Labute approximate surface area is 150 Å². The Morgan fingerprint density at radius 1 is 1.20 bits per heavy atom. The Kier molecular flexibility index (Phi) is 4.27. The Hall–Kier alpha value is -2.79. The predicted molar refractivity (Wildman–Crippen MR) is 101 cm³/mol. The van der Waals surface area contributed by atoms with Crippen LogP contribution in [0.4, 0.5) is 0 Å². The van der Waals surface area contributed by atoms with Crippen molar-refractivity contribution in [1.29, 1.82) is 0 Å². The van der Waals surface area contributed by atoms with Crippen LogP contribution < -0.4 is 5.84 Å². The smallest absolute Gasteiger partial charge is 0.162 e. The Bertz CT molecular complexity index is 1020. The van der Waals surface area contributed by atoms with Crippen molar-refractivity contribution in [2.24, 2.45) is 10.9 Å². The highest BCUT2D eigenvalue weighted by Crippen LogP contribution is 2.34. The number of Topliss-reactive ketones (excluding diaryl/α,β-unsaturated/α-hetero) is 1. The maximum Gasteiger partial charge on any atom is 0.162 e. The first kappa shape index (κ1) is 17.0. The molecule has 0 radical (unpaired) electrons. The van der Waals surface area contributed by atoms with Crippen LogP contribution in [-0.2, 0) is 0 Å². The van der Waals surface area contributed by atoms with Gasteiger partial charge in [-0.15, -0.1) is 0 Å². The van der Waals surface area contributed by atoms with E-state index in [9.17, 15) is 9.90 Å². The van der Waals surface area contributed by atoms with Gasteiger partial charge in [0.25, 0.3) is 0 Å². The van der Waals surface area contributed by atoms with E-state index in [0.29, 0.717) is 27.2 Å². The fraction of sp³-hybridized carbons (Fsp3) is 0.158. The summed E-state index contributed by atoms with van der Waals surface area (Å²) in [7, 11) is 0. The van der Waals surface area contributed by atoms with E-state index in [0.717, 1.165) is 16.9 Å². The third-order valence-electron chi connectivity index (χ3n) is 4.34. The minimum Gasteiger partial charge on any atom is -0.507 e. The molecular formula is C19H18ClN3O2. The fourth-order valence-electron chi connectivity index (χ4n) is 3.18. The highest BCUT2D eigenvalue weighted by Gasteiger charge is 2.21. The van der Waals surface area contributed by atoms with Gasteiger partial charge in [-0.1, -0.05) is 11.6 Å². The van der Waals surface area contributed by atoms with E-state index in [4.69, 9.17) is 17.4 Å². The normalized spacial score (nSPS) is 11.9. The van der Waals surface area contributed by atoms with Gasteiger partial charge in [0, 0.05) is 32.9 Å². The van der Waals surface area contributed by atoms with Crippen molar-refractivity contribution < 1.29 is 9.90 Å². The molecule has 6 heteroatoms. The number of aromatic hydroxyl groups is 1. The van der Waals surface area contributed by atoms with Gasteiger partial charge in [0.15, 0.2) is 5.78 Å². The zero-order valence-electron chi connectivity index (χ0n) is 14.2. The maximum atomic E-state index is 12.2. The lowest BCUT2D eigenvalue weighted by molar-refractivity contribution is 0.101. The summed E-state index contributed by atoms with van der Waals surface area (Å²) in [5.41, 5.74) is 4.07. The quantitative estimate of drug-likeness (QED) is 0.320. The van der Waals surface area contributed by atoms with E-state index in [1.165, 1.54) is 6.92 Å². The number of carbonyl (C=O) groups excluding carboxylic acids is 1. The van der Waals surface area contributed by atoms with Gasteiger partial charge in [-0.2, -0.15) is 5.10 Å². The number of benzene rings is 2. The molecule has 3 N–H and O–H groups in total. The van der Waals surface area contributed by atoms with E-state index in [1.807, 2.05) is 23.6 Å². The Morgan fingerprint density at radius 2 is 1.84 bits per heavy atom. The second-order valence-corrected chi connectivity index (χ2v) is 6.37. The van der Waals surface area contributed by atoms with Crippen LogP contribution in [0.15, 0.2) is 41.5 Å². The Morgan fingerprint density at radius 3 is 2.40 bits per heavy atom. The average molecular weight is 356 g/mol. The SMILES string of the molecule is CC(=O)c1c(C)n(-c2ccc(Cl)cc2)c2cc(/C(C)=N/N)c(O)cc12. The topological polar surface area (TPSA) is 80.6 Å². The van der Waals surface area contributed by atoms with Gasteiger partial charge in [-0.3, -0.25) is 4.79 Å². The van der Waals surface area contributed by atoms with Crippen LogP contribution in [0.5, 0.6) is 5.75 Å². The molecule has 5 nitrogen and oxygen atoms in total. The average Bonchev–Trinajstić information content (AvgIpc) is 2.85. The lowest BCUT2D eigenvalue weighted by Crippen LogP contribution is -2.01. The summed E-state index contributed by atoms with van der Waals surface area (Å²) in [5, 5.41) is 15.3. The van der Waals surface area contributed by atoms with Gasteiger partial charge in [-0.05, 0) is 57.2 Å². The number of nitrogens with two attached hydrogens (primary N) is 1. The number of halogens is 1. The summed E-state index contributed by atoms with van der Waals surface area (Å²) in [6.45, 7) is 5.12. The van der Waals surface area contributed by atoms with Crippen LogP contribution in [0.2, 0.25) is 5.02 Å². The molecule has 2 aromatic carbocycles. The van der Waals surface area contributed by atoms with E-state index in [-0.39, 0.29) is 11.5 Å². The molecule has 0 aliphatic carbocycles. The maximum absolute atomic E-state index is 12.2. The van der Waals surface area contributed by atoms with Gasteiger partial charge >= 0.3 is 0 Å². The number of hydrogen-bond donors (Lipinski definition) is 2. The molecule has 25 heavy (non-hydrogen) atoms. The number of carbonyl (C=O) groups is 1. The predicted octanol–water partition coefficient (Wildman–Crippen LogP) is 4.18. The highest BCUT2D eigenvalue weighted by atomic mass is 35.5. The second kappa shape index (κ2) is 6.26. The largest absolute Gasteiger partial charge is 0.507 e. The minimum absolute atomic E-state index is 0.0370.